The number of fused-ring (bicyclic) bond motifs is 5. The van der Waals surface area contributed by atoms with Crippen LogP contribution in [-0.4, -0.2) is 45.3 Å². The average Bonchev–Trinajstić information content (AvgIpc) is 2.81. The molecule has 4 nitrogen and oxygen atoms in total. The number of hydrogen-bond acceptors (Lipinski definition) is 4. The Hall–Kier alpha value is -1.40. The van der Waals surface area contributed by atoms with Gasteiger partial charge >= 0.3 is 0 Å². The number of alkyl halides is 2. The highest BCUT2D eigenvalue weighted by atomic mass is 19.1. The second-order valence-corrected chi connectivity index (χ2v) is 9.82. The number of rotatable bonds is 1. The summed E-state index contributed by atoms with van der Waals surface area (Å²) in [4.78, 5) is 24.2. The molecule has 2 N–H and O–H groups in total. The molecule has 4 rings (SSSR count). The summed E-state index contributed by atoms with van der Waals surface area (Å²) < 4.78 is 32.0. The van der Waals surface area contributed by atoms with E-state index in [1.165, 1.54) is 19.1 Å². The maximum Gasteiger partial charge on any atom is 0.178 e. The molecule has 9 atom stereocenters. The summed E-state index contributed by atoms with van der Waals surface area (Å²) in [6.45, 7) is 6.36. The van der Waals surface area contributed by atoms with Crippen LogP contribution >= 0.6 is 0 Å². The standard InChI is InChI=1S/C22H28F2O4/c1-11-7-14-15-9-17(23)16-8-13(26)5-6-19(16,3)21(15,24)18(27)10-20(14,4)22(11,28)12(2)25/h5-6,8,11,14-15,17-18,27-28H,7,9-10H2,1-4H3/t11-,14?,15?,17-,18-,19-,20-,21-,22-/m0/s1. The van der Waals surface area contributed by atoms with Crippen molar-refractivity contribution in [3.8, 4) is 0 Å². The molecule has 154 valence electrons. The Kier molecular flexibility index (Phi) is 3.98. The molecule has 0 aromatic heterocycles. The Morgan fingerprint density at radius 3 is 2.50 bits per heavy atom. The largest absolute Gasteiger partial charge is 0.390 e. The van der Waals surface area contributed by atoms with E-state index in [4.69, 9.17) is 0 Å². The van der Waals surface area contributed by atoms with Crippen LogP contribution in [0.15, 0.2) is 23.8 Å². The number of Topliss-reactive ketones (excluding diaryl/α,β-unsaturated/α-hetero) is 1. The number of carbonyl (C=O) groups excluding carboxylic acids is 2. The van der Waals surface area contributed by atoms with Crippen LogP contribution in [0.4, 0.5) is 8.78 Å². The van der Waals surface area contributed by atoms with Gasteiger partial charge in [-0.25, -0.2) is 8.78 Å². The smallest absolute Gasteiger partial charge is 0.178 e. The van der Waals surface area contributed by atoms with Crippen LogP contribution in [0, 0.1) is 28.6 Å². The molecule has 3 fully saturated rings. The van der Waals surface area contributed by atoms with Crippen LogP contribution < -0.4 is 0 Å². The normalized spacial score (nSPS) is 55.2. The van der Waals surface area contributed by atoms with Crippen molar-refractivity contribution in [3.63, 3.8) is 0 Å². The summed E-state index contributed by atoms with van der Waals surface area (Å²) in [5, 5.41) is 22.4. The number of hydrogen-bond donors (Lipinski definition) is 2. The van der Waals surface area contributed by atoms with Gasteiger partial charge in [0.1, 0.15) is 11.8 Å². The van der Waals surface area contributed by atoms with Gasteiger partial charge in [0.25, 0.3) is 0 Å². The van der Waals surface area contributed by atoms with E-state index in [0.717, 1.165) is 6.08 Å². The first kappa shape index (κ1) is 19.9. The quantitative estimate of drug-likeness (QED) is 0.717. The van der Waals surface area contributed by atoms with E-state index in [-0.39, 0.29) is 24.2 Å². The second-order valence-electron chi connectivity index (χ2n) is 9.82. The van der Waals surface area contributed by atoms with Crippen LogP contribution in [-0.2, 0) is 9.59 Å². The lowest BCUT2D eigenvalue weighted by molar-refractivity contribution is -0.222. The topological polar surface area (TPSA) is 74.6 Å². The molecule has 6 heteroatoms. The van der Waals surface area contributed by atoms with Crippen molar-refractivity contribution in [2.24, 2.45) is 28.6 Å². The van der Waals surface area contributed by atoms with Gasteiger partial charge in [0.15, 0.2) is 17.2 Å². The summed E-state index contributed by atoms with van der Waals surface area (Å²) in [6, 6.07) is 0. The van der Waals surface area contributed by atoms with Gasteiger partial charge in [-0.15, -0.1) is 0 Å². The van der Waals surface area contributed by atoms with E-state index in [1.807, 2.05) is 0 Å². The number of ketones is 2. The molecule has 4 aliphatic rings. The minimum absolute atomic E-state index is 0.0780. The molecule has 3 saturated carbocycles. The first-order valence-corrected chi connectivity index (χ1v) is 10.0. The molecule has 2 unspecified atom stereocenters. The molecule has 0 spiro atoms. The van der Waals surface area contributed by atoms with Gasteiger partial charge in [-0.2, -0.15) is 0 Å². The predicted octanol–water partition coefficient (Wildman–Crippen LogP) is 2.87. The van der Waals surface area contributed by atoms with Crippen molar-refractivity contribution in [2.75, 3.05) is 0 Å². The van der Waals surface area contributed by atoms with Crippen molar-refractivity contribution in [3.05, 3.63) is 23.8 Å². The van der Waals surface area contributed by atoms with Crippen molar-refractivity contribution >= 4 is 11.6 Å². The lowest BCUT2D eigenvalue weighted by atomic mass is 9.44. The van der Waals surface area contributed by atoms with E-state index in [1.54, 1.807) is 20.8 Å². The summed E-state index contributed by atoms with van der Waals surface area (Å²) in [5.41, 5.74) is -6.26. The highest BCUT2D eigenvalue weighted by Gasteiger charge is 2.76. The van der Waals surface area contributed by atoms with E-state index >= 15 is 8.78 Å². The molecule has 28 heavy (non-hydrogen) atoms. The lowest BCUT2D eigenvalue weighted by Crippen LogP contribution is -2.70. The SMILES string of the molecule is CC(=O)[C@@]1(O)[C@@H](C)CC2C3C[C@H](F)C4=CC(=O)C=C[C@]4(C)[C@@]3(F)[C@@H](O)C[C@@]21C. The van der Waals surface area contributed by atoms with Crippen molar-refractivity contribution in [2.45, 2.75) is 70.5 Å². The molecule has 0 bridgehead atoms. The van der Waals surface area contributed by atoms with Crippen LogP contribution in [0.5, 0.6) is 0 Å². The fraction of sp³-hybridized carbons (Fsp3) is 0.727. The van der Waals surface area contributed by atoms with Gasteiger partial charge in [-0.3, -0.25) is 9.59 Å². The van der Waals surface area contributed by atoms with Gasteiger partial charge in [0.05, 0.1) is 6.10 Å². The van der Waals surface area contributed by atoms with Crippen LogP contribution in [0.2, 0.25) is 0 Å². The van der Waals surface area contributed by atoms with E-state index in [0.29, 0.717) is 6.42 Å². The Bertz CT molecular complexity index is 821. The van der Waals surface area contributed by atoms with Gasteiger partial charge in [-0.1, -0.05) is 19.9 Å². The number of aliphatic hydroxyl groups excluding tert-OH is 1. The maximum atomic E-state index is 16.8. The molecule has 4 aliphatic carbocycles. The molecule has 0 radical (unpaired) electrons. The van der Waals surface area contributed by atoms with Crippen LogP contribution in [0.1, 0.15) is 47.0 Å². The van der Waals surface area contributed by atoms with E-state index in [9.17, 15) is 19.8 Å². The predicted molar refractivity (Wildman–Crippen MR) is 98.8 cm³/mol. The van der Waals surface area contributed by atoms with Crippen molar-refractivity contribution < 1.29 is 28.6 Å². The molecule has 0 aromatic rings. The minimum Gasteiger partial charge on any atom is -0.390 e. The molecular formula is C22H28F2O4. The fourth-order valence-corrected chi connectivity index (χ4v) is 7.29. The van der Waals surface area contributed by atoms with E-state index in [2.05, 4.69) is 0 Å². The fourth-order valence-electron chi connectivity index (χ4n) is 7.29. The number of carbonyl (C=O) groups is 2. The lowest BCUT2D eigenvalue weighted by Gasteiger charge is -2.63. The molecule has 0 amide bonds. The first-order valence-electron chi connectivity index (χ1n) is 10.0. The number of halogens is 2. The van der Waals surface area contributed by atoms with E-state index < -0.39 is 57.9 Å². The number of aliphatic hydroxyl groups is 2. The first-order chi connectivity index (χ1) is 12.8. The third kappa shape index (κ3) is 1.96. The third-order valence-corrected chi connectivity index (χ3v) is 8.75. The van der Waals surface area contributed by atoms with Crippen LogP contribution in [0.3, 0.4) is 0 Å². The molecule has 0 aliphatic heterocycles. The van der Waals surface area contributed by atoms with Crippen molar-refractivity contribution in [1.29, 1.82) is 0 Å². The minimum atomic E-state index is -2.18. The van der Waals surface area contributed by atoms with Gasteiger partial charge < -0.3 is 10.2 Å². The van der Waals surface area contributed by atoms with Crippen molar-refractivity contribution in [1.82, 2.24) is 0 Å². The Morgan fingerprint density at radius 1 is 1.25 bits per heavy atom. The highest BCUT2D eigenvalue weighted by molar-refractivity contribution is 6.01. The zero-order valence-electron chi connectivity index (χ0n) is 16.7. The monoisotopic (exact) mass is 394 g/mol. The van der Waals surface area contributed by atoms with Gasteiger partial charge in [0, 0.05) is 16.7 Å². The van der Waals surface area contributed by atoms with Gasteiger partial charge in [-0.05, 0) is 62.7 Å². The van der Waals surface area contributed by atoms with Crippen LogP contribution in [0.25, 0.3) is 0 Å². The molecule has 0 heterocycles. The summed E-state index contributed by atoms with van der Waals surface area (Å²) in [7, 11) is 0. The molecule has 0 aromatic carbocycles. The third-order valence-electron chi connectivity index (χ3n) is 8.75. The van der Waals surface area contributed by atoms with Gasteiger partial charge in [0.2, 0.25) is 0 Å². The second kappa shape index (κ2) is 5.60. The zero-order valence-corrected chi connectivity index (χ0v) is 16.7. The molecule has 0 saturated heterocycles. The Balaban J connectivity index is 1.88. The zero-order chi connectivity index (χ0) is 20.9. The average molecular weight is 394 g/mol. The summed E-state index contributed by atoms with van der Waals surface area (Å²) in [6.07, 6.45) is 0.918. The highest BCUT2D eigenvalue weighted by Crippen LogP contribution is 2.70. The summed E-state index contributed by atoms with van der Waals surface area (Å²) >= 11 is 0. The Labute approximate surface area is 163 Å². The molecular weight excluding hydrogens is 366 g/mol. The summed E-state index contributed by atoms with van der Waals surface area (Å²) in [5.74, 6) is -2.51. The number of allylic oxidation sites excluding steroid dienone is 4. The Morgan fingerprint density at radius 2 is 1.89 bits per heavy atom. The maximum absolute atomic E-state index is 16.8.